The molecule has 2 aromatic carbocycles. The van der Waals surface area contributed by atoms with E-state index in [2.05, 4.69) is 15.9 Å². The highest BCUT2D eigenvalue weighted by atomic mass is 79.9. The third-order valence-corrected chi connectivity index (χ3v) is 3.02. The molecule has 0 bridgehead atoms. The van der Waals surface area contributed by atoms with E-state index in [1.807, 2.05) is 37.3 Å². The number of carbonyl (C=O) groups is 1. The number of carbonyl (C=O) groups excluding carboxylic acids is 1. The van der Waals surface area contributed by atoms with Crippen LogP contribution in [0.1, 0.15) is 22.8 Å². The Kier molecular flexibility index (Phi) is 4.15. The SMILES string of the molecule is CCOc1cc(Br)ccc1C(=O)c1ccccc1. The lowest BCUT2D eigenvalue weighted by atomic mass is 10.0. The fraction of sp³-hybridized carbons (Fsp3) is 0.133. The van der Waals surface area contributed by atoms with Crippen molar-refractivity contribution in [1.29, 1.82) is 0 Å². The molecule has 2 rings (SSSR count). The van der Waals surface area contributed by atoms with Crippen molar-refractivity contribution in [1.82, 2.24) is 0 Å². The Balaban J connectivity index is 2.41. The molecule has 0 saturated carbocycles. The molecule has 0 aliphatic rings. The van der Waals surface area contributed by atoms with Crippen molar-refractivity contribution in [3.63, 3.8) is 0 Å². The molecule has 92 valence electrons. The Morgan fingerprint density at radius 3 is 2.56 bits per heavy atom. The molecule has 0 atom stereocenters. The van der Waals surface area contributed by atoms with Gasteiger partial charge in [-0.15, -0.1) is 0 Å². The first-order chi connectivity index (χ1) is 8.72. The van der Waals surface area contributed by atoms with E-state index in [4.69, 9.17) is 4.74 Å². The molecule has 0 aliphatic heterocycles. The van der Waals surface area contributed by atoms with Crippen molar-refractivity contribution >= 4 is 21.7 Å². The van der Waals surface area contributed by atoms with Crippen molar-refractivity contribution in [3.05, 3.63) is 64.1 Å². The summed E-state index contributed by atoms with van der Waals surface area (Å²) in [6.45, 7) is 2.43. The number of rotatable bonds is 4. The van der Waals surface area contributed by atoms with Gasteiger partial charge in [-0.05, 0) is 25.1 Å². The summed E-state index contributed by atoms with van der Waals surface area (Å²) in [6.07, 6.45) is 0. The van der Waals surface area contributed by atoms with Crippen LogP contribution in [0.25, 0.3) is 0 Å². The van der Waals surface area contributed by atoms with E-state index < -0.39 is 0 Å². The van der Waals surface area contributed by atoms with Gasteiger partial charge in [-0.25, -0.2) is 0 Å². The van der Waals surface area contributed by atoms with Gasteiger partial charge in [0.1, 0.15) is 5.75 Å². The highest BCUT2D eigenvalue weighted by molar-refractivity contribution is 9.10. The van der Waals surface area contributed by atoms with Crippen LogP contribution < -0.4 is 4.74 Å². The van der Waals surface area contributed by atoms with Gasteiger partial charge in [0.2, 0.25) is 0 Å². The van der Waals surface area contributed by atoms with Gasteiger partial charge in [0.05, 0.1) is 12.2 Å². The fourth-order valence-electron chi connectivity index (χ4n) is 1.70. The zero-order valence-electron chi connectivity index (χ0n) is 10.0. The highest BCUT2D eigenvalue weighted by Gasteiger charge is 2.14. The minimum atomic E-state index is -0.0217. The maximum absolute atomic E-state index is 12.4. The van der Waals surface area contributed by atoms with Gasteiger partial charge >= 0.3 is 0 Å². The summed E-state index contributed by atoms with van der Waals surface area (Å²) in [5.74, 6) is 0.590. The van der Waals surface area contributed by atoms with Gasteiger partial charge in [-0.2, -0.15) is 0 Å². The summed E-state index contributed by atoms with van der Waals surface area (Å²) < 4.78 is 6.41. The standard InChI is InChI=1S/C15H13BrO2/c1-2-18-14-10-12(16)8-9-13(14)15(17)11-6-4-3-5-7-11/h3-10H,2H2,1H3. The third kappa shape index (κ3) is 2.79. The van der Waals surface area contributed by atoms with Crippen LogP contribution in [0, 0.1) is 0 Å². The predicted octanol–water partition coefficient (Wildman–Crippen LogP) is 4.08. The molecule has 2 aromatic rings. The highest BCUT2D eigenvalue weighted by Crippen LogP contribution is 2.26. The van der Waals surface area contributed by atoms with Crippen LogP contribution in [0.4, 0.5) is 0 Å². The Bertz CT molecular complexity index is 550. The second kappa shape index (κ2) is 5.83. The van der Waals surface area contributed by atoms with Gasteiger partial charge in [0.15, 0.2) is 5.78 Å². The first-order valence-corrected chi connectivity index (χ1v) is 6.53. The number of ketones is 1. The second-order valence-corrected chi connectivity index (χ2v) is 4.68. The average molecular weight is 305 g/mol. The quantitative estimate of drug-likeness (QED) is 0.796. The Labute approximate surface area is 115 Å². The normalized spacial score (nSPS) is 10.1. The smallest absolute Gasteiger partial charge is 0.196 e. The van der Waals surface area contributed by atoms with Gasteiger partial charge < -0.3 is 4.74 Å². The molecule has 3 heteroatoms. The van der Waals surface area contributed by atoms with Gasteiger partial charge in [-0.3, -0.25) is 4.79 Å². The maximum atomic E-state index is 12.4. The molecule has 0 N–H and O–H groups in total. The lowest BCUT2D eigenvalue weighted by Crippen LogP contribution is -2.05. The monoisotopic (exact) mass is 304 g/mol. The van der Waals surface area contributed by atoms with E-state index in [9.17, 15) is 4.79 Å². The summed E-state index contributed by atoms with van der Waals surface area (Å²) in [4.78, 5) is 12.4. The van der Waals surface area contributed by atoms with Crippen molar-refractivity contribution in [2.75, 3.05) is 6.61 Å². The second-order valence-electron chi connectivity index (χ2n) is 3.77. The molecule has 0 aliphatic carbocycles. The first kappa shape index (κ1) is 12.8. The molecular formula is C15H13BrO2. The van der Waals surface area contributed by atoms with Gasteiger partial charge in [0, 0.05) is 10.0 Å². The summed E-state index contributed by atoms with van der Waals surface area (Å²) in [5, 5.41) is 0. The van der Waals surface area contributed by atoms with E-state index in [0.29, 0.717) is 23.5 Å². The summed E-state index contributed by atoms with van der Waals surface area (Å²) >= 11 is 3.38. The molecule has 18 heavy (non-hydrogen) atoms. The first-order valence-electron chi connectivity index (χ1n) is 5.74. The minimum absolute atomic E-state index is 0.0217. The van der Waals surface area contributed by atoms with Crippen molar-refractivity contribution in [2.45, 2.75) is 6.92 Å². The molecule has 0 heterocycles. The van der Waals surface area contributed by atoms with Crippen LogP contribution in [0.3, 0.4) is 0 Å². The van der Waals surface area contributed by atoms with Crippen LogP contribution in [-0.4, -0.2) is 12.4 Å². The fourth-order valence-corrected chi connectivity index (χ4v) is 2.04. The number of hydrogen-bond donors (Lipinski definition) is 0. The molecule has 0 radical (unpaired) electrons. The number of ether oxygens (including phenoxy) is 1. The Hall–Kier alpha value is -1.61. The molecule has 0 unspecified atom stereocenters. The largest absolute Gasteiger partial charge is 0.493 e. The van der Waals surface area contributed by atoms with Gasteiger partial charge in [-0.1, -0.05) is 46.3 Å². The van der Waals surface area contributed by atoms with Crippen LogP contribution >= 0.6 is 15.9 Å². The number of hydrogen-bond acceptors (Lipinski definition) is 2. The van der Waals surface area contributed by atoms with Crippen molar-refractivity contribution in [3.8, 4) is 5.75 Å². The van der Waals surface area contributed by atoms with Crippen LogP contribution in [0.15, 0.2) is 53.0 Å². The summed E-state index contributed by atoms with van der Waals surface area (Å²) in [6, 6.07) is 14.7. The Morgan fingerprint density at radius 1 is 1.17 bits per heavy atom. The van der Waals surface area contributed by atoms with Crippen LogP contribution in [-0.2, 0) is 0 Å². The van der Waals surface area contributed by atoms with E-state index in [0.717, 1.165) is 4.47 Å². The minimum Gasteiger partial charge on any atom is -0.493 e. The molecule has 0 amide bonds. The van der Waals surface area contributed by atoms with Crippen LogP contribution in [0.5, 0.6) is 5.75 Å². The average Bonchev–Trinajstić information content (AvgIpc) is 2.40. The summed E-state index contributed by atoms with van der Waals surface area (Å²) in [5.41, 5.74) is 1.26. The zero-order chi connectivity index (χ0) is 13.0. The topological polar surface area (TPSA) is 26.3 Å². The van der Waals surface area contributed by atoms with E-state index >= 15 is 0 Å². The number of benzene rings is 2. The van der Waals surface area contributed by atoms with Crippen molar-refractivity contribution < 1.29 is 9.53 Å². The van der Waals surface area contributed by atoms with Crippen molar-refractivity contribution in [2.24, 2.45) is 0 Å². The number of halogens is 1. The third-order valence-electron chi connectivity index (χ3n) is 2.52. The van der Waals surface area contributed by atoms with E-state index in [1.165, 1.54) is 0 Å². The molecule has 0 spiro atoms. The zero-order valence-corrected chi connectivity index (χ0v) is 11.6. The van der Waals surface area contributed by atoms with Crippen LogP contribution in [0.2, 0.25) is 0 Å². The molecule has 0 saturated heterocycles. The Morgan fingerprint density at radius 2 is 1.89 bits per heavy atom. The molecule has 0 aromatic heterocycles. The summed E-state index contributed by atoms with van der Waals surface area (Å²) in [7, 11) is 0. The van der Waals surface area contributed by atoms with E-state index in [1.54, 1.807) is 18.2 Å². The molecular weight excluding hydrogens is 292 g/mol. The lowest BCUT2D eigenvalue weighted by Gasteiger charge is -2.09. The maximum Gasteiger partial charge on any atom is 0.196 e. The van der Waals surface area contributed by atoms with Gasteiger partial charge in [0.25, 0.3) is 0 Å². The predicted molar refractivity (Wildman–Crippen MR) is 75.2 cm³/mol. The molecule has 0 fully saturated rings. The molecule has 2 nitrogen and oxygen atoms in total. The van der Waals surface area contributed by atoms with E-state index in [-0.39, 0.29) is 5.78 Å². The lowest BCUT2D eigenvalue weighted by molar-refractivity contribution is 0.103.